The predicted octanol–water partition coefficient (Wildman–Crippen LogP) is 1.59. The van der Waals surface area contributed by atoms with E-state index < -0.39 is 12.0 Å². The monoisotopic (exact) mass is 257 g/mol. The fraction of sp³-hybridized carbons (Fsp3) is 0.364. The molecule has 0 bridgehead atoms. The summed E-state index contributed by atoms with van der Waals surface area (Å²) in [4.78, 5) is 10.6. The highest BCUT2D eigenvalue weighted by Crippen LogP contribution is 2.39. The number of benzene rings is 1. The number of halogens is 1. The molecule has 1 aliphatic heterocycles. The van der Waals surface area contributed by atoms with Crippen LogP contribution in [0.25, 0.3) is 0 Å². The van der Waals surface area contributed by atoms with Gasteiger partial charge in [0.2, 0.25) is 0 Å². The van der Waals surface area contributed by atoms with Crippen molar-refractivity contribution in [1.82, 2.24) is 0 Å². The van der Waals surface area contributed by atoms with Gasteiger partial charge in [-0.2, -0.15) is 0 Å². The van der Waals surface area contributed by atoms with Crippen molar-refractivity contribution in [1.29, 1.82) is 0 Å². The number of carboxylic acid groups (broad SMARTS) is 1. The van der Waals surface area contributed by atoms with E-state index in [4.69, 9.17) is 31.9 Å². The second kappa shape index (κ2) is 4.81. The van der Waals surface area contributed by atoms with Gasteiger partial charge >= 0.3 is 5.97 Å². The van der Waals surface area contributed by atoms with Gasteiger partial charge < -0.3 is 20.3 Å². The summed E-state index contributed by atoms with van der Waals surface area (Å²) in [5.41, 5.74) is 6.39. The maximum atomic E-state index is 10.6. The second-order valence-corrected chi connectivity index (χ2v) is 4.14. The van der Waals surface area contributed by atoms with Gasteiger partial charge in [0.05, 0.1) is 11.4 Å². The molecule has 0 saturated carbocycles. The van der Waals surface area contributed by atoms with Gasteiger partial charge in [0.15, 0.2) is 11.5 Å². The third kappa shape index (κ3) is 2.62. The summed E-state index contributed by atoms with van der Waals surface area (Å²) in [6.45, 7) is 0.897. The Labute approximate surface area is 103 Å². The molecule has 1 aliphatic rings. The first-order valence-corrected chi connectivity index (χ1v) is 5.52. The van der Waals surface area contributed by atoms with Crippen LogP contribution in [0.3, 0.4) is 0 Å². The number of hydrogen-bond acceptors (Lipinski definition) is 4. The van der Waals surface area contributed by atoms with E-state index in [1.54, 1.807) is 12.1 Å². The highest BCUT2D eigenvalue weighted by molar-refractivity contribution is 6.32. The third-order valence-corrected chi connectivity index (χ3v) is 2.72. The highest BCUT2D eigenvalue weighted by Gasteiger charge is 2.19. The molecule has 0 saturated heterocycles. The van der Waals surface area contributed by atoms with Gasteiger partial charge in [0, 0.05) is 6.04 Å². The van der Waals surface area contributed by atoms with Crippen molar-refractivity contribution in [2.45, 2.75) is 12.5 Å². The molecule has 5 nitrogen and oxygen atoms in total. The van der Waals surface area contributed by atoms with Crippen LogP contribution in [0.15, 0.2) is 12.1 Å². The zero-order chi connectivity index (χ0) is 12.4. The lowest BCUT2D eigenvalue weighted by molar-refractivity contribution is -0.137. The molecule has 1 atom stereocenters. The molecule has 3 N–H and O–H groups in total. The van der Waals surface area contributed by atoms with Crippen LogP contribution in [0.1, 0.15) is 18.0 Å². The topological polar surface area (TPSA) is 81.8 Å². The molecule has 0 radical (unpaired) electrons. The van der Waals surface area contributed by atoms with E-state index >= 15 is 0 Å². The molecule has 0 amide bonds. The fourth-order valence-corrected chi connectivity index (χ4v) is 1.92. The van der Waals surface area contributed by atoms with Crippen LogP contribution < -0.4 is 15.2 Å². The second-order valence-electron chi connectivity index (χ2n) is 3.73. The lowest BCUT2D eigenvalue weighted by Crippen LogP contribution is -2.18. The zero-order valence-corrected chi connectivity index (χ0v) is 9.74. The van der Waals surface area contributed by atoms with Gasteiger partial charge in [-0.05, 0) is 17.7 Å². The predicted molar refractivity (Wildman–Crippen MR) is 61.6 cm³/mol. The number of ether oxygens (including phenoxy) is 2. The minimum absolute atomic E-state index is 0.157. The molecule has 92 valence electrons. The minimum Gasteiger partial charge on any atom is -0.486 e. The van der Waals surface area contributed by atoms with Gasteiger partial charge in [-0.15, -0.1) is 0 Å². The lowest BCUT2D eigenvalue weighted by atomic mass is 10.0. The number of aliphatic carboxylic acids is 1. The Morgan fingerprint density at radius 3 is 2.88 bits per heavy atom. The van der Waals surface area contributed by atoms with Gasteiger partial charge in [-0.1, -0.05) is 11.6 Å². The van der Waals surface area contributed by atoms with Gasteiger partial charge in [-0.3, -0.25) is 4.79 Å². The van der Waals surface area contributed by atoms with Crippen molar-refractivity contribution in [2.75, 3.05) is 13.2 Å². The summed E-state index contributed by atoms with van der Waals surface area (Å²) >= 11 is 6.02. The molecule has 17 heavy (non-hydrogen) atoms. The van der Waals surface area contributed by atoms with Crippen molar-refractivity contribution in [3.8, 4) is 11.5 Å². The van der Waals surface area contributed by atoms with Gasteiger partial charge in [-0.25, -0.2) is 0 Å². The molecule has 0 aromatic heterocycles. The number of nitrogens with two attached hydrogens (primary N) is 1. The van der Waals surface area contributed by atoms with Crippen molar-refractivity contribution >= 4 is 17.6 Å². The molecule has 6 heteroatoms. The molecule has 1 heterocycles. The van der Waals surface area contributed by atoms with E-state index in [2.05, 4.69) is 0 Å². The Morgan fingerprint density at radius 2 is 2.18 bits per heavy atom. The third-order valence-electron chi connectivity index (χ3n) is 2.44. The van der Waals surface area contributed by atoms with Crippen molar-refractivity contribution in [2.24, 2.45) is 5.73 Å². The fourth-order valence-electron chi connectivity index (χ4n) is 1.65. The lowest BCUT2D eigenvalue weighted by Gasteiger charge is -2.21. The number of hydrogen-bond donors (Lipinski definition) is 2. The Morgan fingerprint density at radius 1 is 1.47 bits per heavy atom. The average Bonchev–Trinajstić information content (AvgIpc) is 2.28. The summed E-state index contributed by atoms with van der Waals surface area (Å²) in [5, 5.41) is 9.07. The normalized spacial score (nSPS) is 15.4. The summed E-state index contributed by atoms with van der Waals surface area (Å²) in [5.74, 6) is 0.0484. The Hall–Kier alpha value is -1.46. The standard InChI is InChI=1S/C11H12ClNO4/c12-7-3-6(8(13)5-10(14)15)4-9-11(7)17-2-1-16-9/h3-4,8H,1-2,5,13H2,(H,14,15)/t8-/m1/s1. The molecule has 2 rings (SSSR count). The first kappa shape index (κ1) is 12.0. The molecular formula is C11H12ClNO4. The van der Waals surface area contributed by atoms with Crippen molar-refractivity contribution in [3.63, 3.8) is 0 Å². The molecule has 0 spiro atoms. The molecule has 1 aromatic rings. The molecule has 0 aliphatic carbocycles. The maximum absolute atomic E-state index is 10.6. The van der Waals surface area contributed by atoms with E-state index in [9.17, 15) is 4.79 Å². The molecule has 0 unspecified atom stereocenters. The van der Waals surface area contributed by atoms with Gasteiger partial charge in [0.25, 0.3) is 0 Å². The molecule has 0 fully saturated rings. The number of fused-ring (bicyclic) bond motifs is 1. The maximum Gasteiger partial charge on any atom is 0.305 e. The van der Waals surface area contributed by atoms with Crippen LogP contribution in [-0.2, 0) is 4.79 Å². The number of rotatable bonds is 3. The molecule has 1 aromatic carbocycles. The summed E-state index contributed by atoms with van der Waals surface area (Å²) in [7, 11) is 0. The number of carboxylic acids is 1. The Kier molecular flexibility index (Phi) is 3.40. The summed E-state index contributed by atoms with van der Waals surface area (Å²) in [6.07, 6.45) is -0.157. The van der Waals surface area contributed by atoms with E-state index in [0.29, 0.717) is 35.3 Å². The molecular weight excluding hydrogens is 246 g/mol. The van der Waals surface area contributed by atoms with Crippen LogP contribution in [0, 0.1) is 0 Å². The smallest absolute Gasteiger partial charge is 0.305 e. The van der Waals surface area contributed by atoms with E-state index in [-0.39, 0.29) is 6.42 Å². The quantitative estimate of drug-likeness (QED) is 0.859. The van der Waals surface area contributed by atoms with E-state index in [1.807, 2.05) is 0 Å². The van der Waals surface area contributed by atoms with Crippen LogP contribution in [0.2, 0.25) is 5.02 Å². The van der Waals surface area contributed by atoms with Crippen LogP contribution >= 0.6 is 11.6 Å². The zero-order valence-electron chi connectivity index (χ0n) is 8.98. The van der Waals surface area contributed by atoms with Crippen LogP contribution in [-0.4, -0.2) is 24.3 Å². The Balaban J connectivity index is 2.30. The van der Waals surface area contributed by atoms with Gasteiger partial charge in [0.1, 0.15) is 13.2 Å². The Bertz CT molecular complexity index is 449. The first-order valence-electron chi connectivity index (χ1n) is 5.14. The first-order chi connectivity index (χ1) is 8.08. The van der Waals surface area contributed by atoms with E-state index in [0.717, 1.165) is 0 Å². The van der Waals surface area contributed by atoms with Crippen LogP contribution in [0.4, 0.5) is 0 Å². The SMILES string of the molecule is N[C@H](CC(=O)O)c1cc(Cl)c2c(c1)OCCO2. The number of carbonyl (C=O) groups is 1. The highest BCUT2D eigenvalue weighted by atomic mass is 35.5. The minimum atomic E-state index is -0.955. The summed E-state index contributed by atoms with van der Waals surface area (Å²) in [6, 6.07) is 2.68. The van der Waals surface area contributed by atoms with Crippen molar-refractivity contribution in [3.05, 3.63) is 22.7 Å². The van der Waals surface area contributed by atoms with Crippen molar-refractivity contribution < 1.29 is 19.4 Å². The van der Waals surface area contributed by atoms with Crippen LogP contribution in [0.5, 0.6) is 11.5 Å². The average molecular weight is 258 g/mol. The summed E-state index contributed by atoms with van der Waals surface area (Å²) < 4.78 is 10.7. The van der Waals surface area contributed by atoms with E-state index in [1.165, 1.54) is 0 Å². The largest absolute Gasteiger partial charge is 0.486 e.